The van der Waals surface area contributed by atoms with E-state index in [1.54, 1.807) is 6.92 Å². The number of nitrogens with one attached hydrogen (secondary N) is 3. The molecule has 1 aromatic carbocycles. The number of alkyl halides is 3. The van der Waals surface area contributed by atoms with Crippen LogP contribution in [-0.2, 0) is 30.0 Å². The number of carbonyl (C=O) groups is 3. The number of hydrogen-bond donors (Lipinski definition) is 3. The lowest BCUT2D eigenvalue weighted by molar-refractivity contribution is -0.160. The molecule has 3 N–H and O–H groups in total. The first-order valence-electron chi connectivity index (χ1n) is 12.4. The van der Waals surface area contributed by atoms with Crippen LogP contribution < -0.4 is 16.0 Å². The summed E-state index contributed by atoms with van der Waals surface area (Å²) in [5.41, 5.74) is 0.783. The summed E-state index contributed by atoms with van der Waals surface area (Å²) in [6.07, 6.45) is -0.731. The Kier molecular flexibility index (Phi) is 9.83. The second-order valence-corrected chi connectivity index (χ2v) is 11.7. The third-order valence-corrected chi connectivity index (χ3v) is 7.74. The number of hydrogen-bond acceptors (Lipinski definition) is 7. The fraction of sp³-hybridized carbons (Fsp3) is 0.462. The van der Waals surface area contributed by atoms with Crippen molar-refractivity contribution in [3.05, 3.63) is 65.5 Å². The van der Waals surface area contributed by atoms with Gasteiger partial charge in [0, 0.05) is 18.4 Å². The number of carbonyl (C=O) groups excluding carboxylic acids is 3. The standard InChI is InChI=1S/C26H31F3N4O5S/c1-3-20(22(34)25(36)31-19-10-11-19)33-24(35)21(15-39(37,38)14-17-5-4-12-30-13-17)32-23(26(27,28)29)18-8-6-16(2)7-9-18/h4-9,12-13,19-21,23,32H,3,10-11,14-15H2,1-2H3,(H,31,36)(H,33,35)/t20-,21-,23-/m0/s1. The summed E-state index contributed by atoms with van der Waals surface area (Å²) in [6.45, 7) is 3.21. The molecular formula is C26H31F3N4O5S. The van der Waals surface area contributed by atoms with E-state index in [-0.39, 0.29) is 18.0 Å². The van der Waals surface area contributed by atoms with Crippen LogP contribution in [0.1, 0.15) is 48.9 Å². The molecule has 212 valence electrons. The van der Waals surface area contributed by atoms with E-state index in [2.05, 4.69) is 20.9 Å². The van der Waals surface area contributed by atoms with Crippen molar-refractivity contribution in [1.82, 2.24) is 20.9 Å². The second-order valence-electron chi connectivity index (χ2n) is 9.60. The van der Waals surface area contributed by atoms with Crippen molar-refractivity contribution in [3.63, 3.8) is 0 Å². The van der Waals surface area contributed by atoms with Crippen LogP contribution in [0.25, 0.3) is 0 Å². The maximum absolute atomic E-state index is 14.1. The highest BCUT2D eigenvalue weighted by molar-refractivity contribution is 7.90. The monoisotopic (exact) mass is 568 g/mol. The van der Waals surface area contributed by atoms with Gasteiger partial charge in [-0.1, -0.05) is 42.8 Å². The van der Waals surface area contributed by atoms with Crippen LogP contribution in [0.5, 0.6) is 0 Å². The minimum absolute atomic E-state index is 0.0293. The van der Waals surface area contributed by atoms with Gasteiger partial charge >= 0.3 is 6.18 Å². The van der Waals surface area contributed by atoms with E-state index < -0.39 is 63.2 Å². The molecule has 1 aromatic heterocycles. The molecule has 39 heavy (non-hydrogen) atoms. The molecule has 0 saturated heterocycles. The lowest BCUT2D eigenvalue weighted by atomic mass is 10.0. The predicted molar refractivity (Wildman–Crippen MR) is 137 cm³/mol. The van der Waals surface area contributed by atoms with Gasteiger partial charge in [-0.05, 0) is 43.4 Å². The molecule has 1 aliphatic carbocycles. The van der Waals surface area contributed by atoms with Crippen LogP contribution in [0.4, 0.5) is 13.2 Å². The predicted octanol–water partition coefficient (Wildman–Crippen LogP) is 2.31. The number of sulfone groups is 1. The molecule has 1 aliphatic rings. The van der Waals surface area contributed by atoms with Gasteiger partial charge in [0.2, 0.25) is 11.7 Å². The van der Waals surface area contributed by atoms with E-state index >= 15 is 0 Å². The van der Waals surface area contributed by atoms with Gasteiger partial charge in [0.15, 0.2) is 9.84 Å². The highest BCUT2D eigenvalue weighted by Crippen LogP contribution is 2.33. The highest BCUT2D eigenvalue weighted by atomic mass is 32.2. The van der Waals surface area contributed by atoms with Crippen LogP contribution in [0.2, 0.25) is 0 Å². The van der Waals surface area contributed by atoms with Gasteiger partial charge in [-0.25, -0.2) is 8.42 Å². The van der Waals surface area contributed by atoms with Crippen LogP contribution in [0.15, 0.2) is 48.8 Å². The summed E-state index contributed by atoms with van der Waals surface area (Å²) >= 11 is 0. The Bertz CT molecular complexity index is 1270. The Morgan fingerprint density at radius 1 is 1.08 bits per heavy atom. The van der Waals surface area contributed by atoms with Crippen LogP contribution in [-0.4, -0.2) is 61.1 Å². The maximum Gasteiger partial charge on any atom is 0.407 e. The summed E-state index contributed by atoms with van der Waals surface area (Å²) in [5, 5.41) is 6.97. The Balaban J connectivity index is 1.87. The number of nitrogens with zero attached hydrogens (tertiary/aromatic N) is 1. The molecule has 2 aromatic rings. The number of benzene rings is 1. The SMILES string of the molecule is CC[C@H](NC(=O)[C@H](CS(=O)(=O)Cc1cccnc1)N[C@@H](c1ccc(C)cc1)C(F)(F)F)C(=O)C(=O)NC1CC1. The number of ketones is 1. The van der Waals surface area contributed by atoms with Crippen LogP contribution in [0, 0.1) is 6.92 Å². The van der Waals surface area contributed by atoms with E-state index in [4.69, 9.17) is 0 Å². The Morgan fingerprint density at radius 3 is 2.28 bits per heavy atom. The molecule has 0 aliphatic heterocycles. The van der Waals surface area contributed by atoms with Crippen molar-refractivity contribution in [1.29, 1.82) is 0 Å². The van der Waals surface area contributed by atoms with E-state index in [0.717, 1.165) is 12.8 Å². The number of aromatic nitrogens is 1. The van der Waals surface area contributed by atoms with E-state index in [0.29, 0.717) is 11.1 Å². The average Bonchev–Trinajstić information content (AvgIpc) is 3.68. The summed E-state index contributed by atoms with van der Waals surface area (Å²) in [6, 6.07) is 2.66. The first kappa shape index (κ1) is 30.2. The molecule has 9 nitrogen and oxygen atoms in total. The van der Waals surface area contributed by atoms with Gasteiger partial charge in [0.1, 0.15) is 12.1 Å². The minimum Gasteiger partial charge on any atom is -0.347 e. The lowest BCUT2D eigenvalue weighted by Crippen LogP contribution is -2.56. The maximum atomic E-state index is 14.1. The highest BCUT2D eigenvalue weighted by Gasteiger charge is 2.44. The minimum atomic E-state index is -4.88. The van der Waals surface area contributed by atoms with Crippen molar-refractivity contribution >= 4 is 27.4 Å². The molecule has 3 atom stereocenters. The number of rotatable bonds is 13. The molecule has 0 unspecified atom stereocenters. The smallest absolute Gasteiger partial charge is 0.347 e. The number of pyridine rings is 1. The molecule has 1 fully saturated rings. The Hall–Kier alpha value is -3.32. The second kappa shape index (κ2) is 12.7. The fourth-order valence-corrected chi connectivity index (χ4v) is 5.41. The van der Waals surface area contributed by atoms with Gasteiger partial charge in [-0.3, -0.25) is 24.7 Å². The summed E-state index contributed by atoms with van der Waals surface area (Å²) in [4.78, 5) is 41.9. The first-order chi connectivity index (χ1) is 18.3. The topological polar surface area (TPSA) is 134 Å². The van der Waals surface area contributed by atoms with Gasteiger partial charge in [0.05, 0.1) is 17.5 Å². The summed E-state index contributed by atoms with van der Waals surface area (Å²) in [7, 11) is -4.14. The normalized spacial score (nSPS) is 16.1. The molecule has 0 radical (unpaired) electrons. The van der Waals surface area contributed by atoms with Crippen LogP contribution >= 0.6 is 0 Å². The number of halogens is 3. The van der Waals surface area contributed by atoms with Gasteiger partial charge < -0.3 is 10.6 Å². The molecule has 13 heteroatoms. The number of aryl methyl sites for hydroxylation is 1. The molecule has 3 rings (SSSR count). The largest absolute Gasteiger partial charge is 0.407 e. The van der Waals surface area contributed by atoms with E-state index in [1.165, 1.54) is 55.7 Å². The molecular weight excluding hydrogens is 537 g/mol. The van der Waals surface area contributed by atoms with Crippen molar-refractivity contribution in [2.75, 3.05) is 5.75 Å². The van der Waals surface area contributed by atoms with Crippen molar-refractivity contribution in [3.8, 4) is 0 Å². The quantitative estimate of drug-likeness (QED) is 0.316. The molecule has 1 saturated carbocycles. The average molecular weight is 569 g/mol. The molecule has 1 heterocycles. The third kappa shape index (κ3) is 9.13. The Labute approximate surface area is 224 Å². The van der Waals surface area contributed by atoms with Crippen molar-refractivity contribution in [2.45, 2.75) is 69.2 Å². The summed E-state index contributed by atoms with van der Waals surface area (Å²) in [5.74, 6) is -4.57. The zero-order chi connectivity index (χ0) is 28.8. The molecule has 2 amide bonds. The van der Waals surface area contributed by atoms with Gasteiger partial charge in [0.25, 0.3) is 5.91 Å². The lowest BCUT2D eigenvalue weighted by Gasteiger charge is -2.28. The molecule has 0 bridgehead atoms. The van der Waals surface area contributed by atoms with Crippen molar-refractivity contribution < 1.29 is 36.0 Å². The van der Waals surface area contributed by atoms with Gasteiger partial charge in [-0.15, -0.1) is 0 Å². The number of Topliss-reactive ketones (excluding diaryl/α,β-unsaturated/α-hetero) is 1. The Morgan fingerprint density at radius 2 is 1.74 bits per heavy atom. The third-order valence-electron chi connectivity index (χ3n) is 6.13. The van der Waals surface area contributed by atoms with Gasteiger partial charge in [-0.2, -0.15) is 13.2 Å². The zero-order valence-corrected chi connectivity index (χ0v) is 22.3. The number of amides is 2. The van der Waals surface area contributed by atoms with E-state index in [1.807, 2.05) is 0 Å². The van der Waals surface area contributed by atoms with Crippen molar-refractivity contribution in [2.24, 2.45) is 0 Å². The zero-order valence-electron chi connectivity index (χ0n) is 21.5. The van der Waals surface area contributed by atoms with E-state index in [9.17, 15) is 36.0 Å². The fourth-order valence-electron chi connectivity index (χ4n) is 3.86. The van der Waals surface area contributed by atoms with Crippen LogP contribution in [0.3, 0.4) is 0 Å². The molecule has 0 spiro atoms. The first-order valence-corrected chi connectivity index (χ1v) is 14.2. The summed E-state index contributed by atoms with van der Waals surface area (Å²) < 4.78 is 68.4.